The molecule has 1 aromatic heterocycles. The van der Waals surface area contributed by atoms with Crippen LogP contribution in [0.15, 0.2) is 30.3 Å². The van der Waals surface area contributed by atoms with E-state index >= 15 is 0 Å². The molecule has 10 heteroatoms. The van der Waals surface area contributed by atoms with E-state index in [4.69, 9.17) is 14.2 Å². The summed E-state index contributed by atoms with van der Waals surface area (Å²) in [6, 6.07) is 5.29. The minimum Gasteiger partial charge on any atom is -0.493 e. The van der Waals surface area contributed by atoms with Crippen LogP contribution in [0, 0.1) is 18.7 Å². The first kappa shape index (κ1) is 25.0. The first-order valence-electron chi connectivity index (χ1n) is 11.3. The van der Waals surface area contributed by atoms with Gasteiger partial charge in [-0.2, -0.15) is 13.2 Å². The van der Waals surface area contributed by atoms with Crippen molar-refractivity contribution in [2.75, 3.05) is 25.6 Å². The zero-order chi connectivity index (χ0) is 25.3. The second kappa shape index (κ2) is 9.85. The molecule has 4 rings (SSSR count). The third-order valence-corrected chi connectivity index (χ3v) is 6.14. The van der Waals surface area contributed by atoms with E-state index in [0.717, 1.165) is 18.6 Å². The smallest absolute Gasteiger partial charge is 0.416 e. The molecule has 1 unspecified atom stereocenters. The first-order chi connectivity index (χ1) is 16.5. The number of halogens is 4. The lowest BCUT2D eigenvalue weighted by Crippen LogP contribution is -2.24. The Bertz CT molecular complexity index is 1210. The number of aryl methyl sites for hydroxylation is 1. The summed E-state index contributed by atoms with van der Waals surface area (Å²) in [7, 11) is 1.54. The Kier molecular flexibility index (Phi) is 7.02. The molecule has 1 fully saturated rings. The molecular formula is C25H27F4N3O3. The lowest BCUT2D eigenvalue weighted by atomic mass is 10.0. The zero-order valence-electron chi connectivity index (χ0n) is 19.9. The van der Waals surface area contributed by atoms with Gasteiger partial charge in [-0.3, -0.25) is 0 Å². The van der Waals surface area contributed by atoms with E-state index in [9.17, 15) is 17.6 Å². The number of nitrogens with one attached hydrogen (secondary N) is 1. The highest BCUT2D eigenvalue weighted by Crippen LogP contribution is 2.37. The fraction of sp³-hybridized carbons (Fsp3) is 0.440. The number of hydrogen-bond donors (Lipinski definition) is 1. The third-order valence-electron chi connectivity index (χ3n) is 6.14. The summed E-state index contributed by atoms with van der Waals surface area (Å²) in [6.45, 7) is 6.64. The van der Waals surface area contributed by atoms with Crippen LogP contribution < -0.4 is 14.8 Å². The van der Waals surface area contributed by atoms with Gasteiger partial charge in [0.15, 0.2) is 11.5 Å². The van der Waals surface area contributed by atoms with E-state index in [0.29, 0.717) is 53.3 Å². The summed E-state index contributed by atoms with van der Waals surface area (Å²) in [6.07, 6.45) is -3.88. The Morgan fingerprint density at radius 3 is 2.51 bits per heavy atom. The molecule has 0 radical (unpaired) electrons. The Morgan fingerprint density at radius 2 is 1.86 bits per heavy atom. The van der Waals surface area contributed by atoms with Crippen molar-refractivity contribution < 1.29 is 31.8 Å². The number of hydrogen-bond acceptors (Lipinski definition) is 6. The minimum atomic E-state index is -4.65. The van der Waals surface area contributed by atoms with Gasteiger partial charge in [0.25, 0.3) is 0 Å². The summed E-state index contributed by atoms with van der Waals surface area (Å²) in [5.41, 5.74) is -0.333. The fourth-order valence-electron chi connectivity index (χ4n) is 4.15. The second-order valence-corrected chi connectivity index (χ2v) is 8.72. The van der Waals surface area contributed by atoms with Crippen molar-refractivity contribution >= 4 is 16.7 Å². The summed E-state index contributed by atoms with van der Waals surface area (Å²) in [5.74, 6) is 1.13. The van der Waals surface area contributed by atoms with Crippen LogP contribution in [-0.4, -0.2) is 36.4 Å². The molecule has 0 spiro atoms. The standard InChI is InChI=1S/C25H27F4N3O3/c1-13(17-7-18(25(27,28)29)9-19(26)8-17)30-24-20-10-23(35-14(2)16-5-6-34-12-16)22(33-4)11-21(20)31-15(3)32-24/h7-11,13-14,16H,5-6,12H2,1-4H3,(H,30,31,32)/t13-,14?,16-/m1/s1. The predicted molar refractivity (Wildman–Crippen MR) is 123 cm³/mol. The highest BCUT2D eigenvalue weighted by Gasteiger charge is 2.32. The van der Waals surface area contributed by atoms with Crippen molar-refractivity contribution in [1.82, 2.24) is 9.97 Å². The van der Waals surface area contributed by atoms with Gasteiger partial charge in [-0.05, 0) is 57.0 Å². The number of fused-ring (bicyclic) bond motifs is 1. The van der Waals surface area contributed by atoms with Gasteiger partial charge < -0.3 is 19.5 Å². The van der Waals surface area contributed by atoms with Crippen LogP contribution in [0.4, 0.5) is 23.4 Å². The minimum absolute atomic E-state index is 0.126. The van der Waals surface area contributed by atoms with Gasteiger partial charge in [-0.25, -0.2) is 14.4 Å². The number of ether oxygens (including phenoxy) is 3. The van der Waals surface area contributed by atoms with Gasteiger partial charge in [-0.15, -0.1) is 0 Å². The van der Waals surface area contributed by atoms with Gasteiger partial charge in [0.2, 0.25) is 0 Å². The molecule has 1 aliphatic heterocycles. The van der Waals surface area contributed by atoms with E-state index in [1.54, 1.807) is 26.0 Å². The first-order valence-corrected chi connectivity index (χ1v) is 11.3. The van der Waals surface area contributed by atoms with E-state index < -0.39 is 23.6 Å². The van der Waals surface area contributed by atoms with Crippen LogP contribution in [0.25, 0.3) is 10.9 Å². The van der Waals surface area contributed by atoms with Crippen LogP contribution in [0.2, 0.25) is 0 Å². The maximum absolute atomic E-state index is 14.0. The largest absolute Gasteiger partial charge is 0.493 e. The number of benzene rings is 2. The maximum Gasteiger partial charge on any atom is 0.416 e. The van der Waals surface area contributed by atoms with Crippen molar-refractivity contribution in [3.05, 3.63) is 53.1 Å². The molecule has 1 aliphatic rings. The van der Waals surface area contributed by atoms with Crippen molar-refractivity contribution in [2.45, 2.75) is 45.5 Å². The van der Waals surface area contributed by atoms with Crippen molar-refractivity contribution in [2.24, 2.45) is 5.92 Å². The van der Waals surface area contributed by atoms with Crippen molar-refractivity contribution in [3.8, 4) is 11.5 Å². The van der Waals surface area contributed by atoms with Crippen molar-refractivity contribution in [1.29, 1.82) is 0 Å². The number of aromatic nitrogens is 2. The lowest BCUT2D eigenvalue weighted by Gasteiger charge is -2.22. The third kappa shape index (κ3) is 5.58. The molecule has 3 aromatic rings. The Balaban J connectivity index is 1.70. The summed E-state index contributed by atoms with van der Waals surface area (Å²) in [5, 5.41) is 3.72. The molecule has 1 saturated heterocycles. The van der Waals surface area contributed by atoms with Crippen LogP contribution in [0.1, 0.15) is 43.3 Å². The quantitative estimate of drug-likeness (QED) is 0.403. The average Bonchev–Trinajstić information content (AvgIpc) is 3.33. The van der Waals surface area contributed by atoms with E-state index in [2.05, 4.69) is 15.3 Å². The molecular weight excluding hydrogens is 466 g/mol. The highest BCUT2D eigenvalue weighted by atomic mass is 19.4. The number of methoxy groups -OCH3 is 1. The maximum atomic E-state index is 14.0. The molecule has 0 amide bonds. The Labute approximate surface area is 200 Å². The number of rotatable bonds is 7. The lowest BCUT2D eigenvalue weighted by molar-refractivity contribution is -0.137. The molecule has 3 atom stereocenters. The molecule has 0 aliphatic carbocycles. The molecule has 188 valence electrons. The number of nitrogens with zero attached hydrogens (tertiary/aromatic N) is 2. The Hall–Kier alpha value is -3.14. The monoisotopic (exact) mass is 493 g/mol. The Morgan fingerprint density at radius 1 is 1.09 bits per heavy atom. The van der Waals surface area contributed by atoms with Crippen LogP contribution >= 0.6 is 0 Å². The SMILES string of the molecule is COc1cc2nc(C)nc(N[C@H](C)c3cc(F)cc(C(F)(F)F)c3)c2cc1OC(C)[C@@H]1CCOC1. The van der Waals surface area contributed by atoms with Crippen LogP contribution in [0.5, 0.6) is 11.5 Å². The highest BCUT2D eigenvalue weighted by molar-refractivity contribution is 5.92. The molecule has 35 heavy (non-hydrogen) atoms. The zero-order valence-corrected chi connectivity index (χ0v) is 19.9. The molecule has 1 N–H and O–H groups in total. The molecule has 0 bridgehead atoms. The van der Waals surface area contributed by atoms with Gasteiger partial charge in [-0.1, -0.05) is 0 Å². The van der Waals surface area contributed by atoms with E-state index in [-0.39, 0.29) is 17.6 Å². The van der Waals surface area contributed by atoms with Gasteiger partial charge in [0.1, 0.15) is 23.6 Å². The van der Waals surface area contributed by atoms with E-state index in [1.807, 2.05) is 6.92 Å². The summed E-state index contributed by atoms with van der Waals surface area (Å²) in [4.78, 5) is 8.93. The van der Waals surface area contributed by atoms with Gasteiger partial charge in [0.05, 0.1) is 30.8 Å². The van der Waals surface area contributed by atoms with Gasteiger partial charge in [0, 0.05) is 24.0 Å². The van der Waals surface area contributed by atoms with Gasteiger partial charge >= 0.3 is 6.18 Å². The molecule has 2 heterocycles. The number of anilines is 1. The summed E-state index contributed by atoms with van der Waals surface area (Å²) < 4.78 is 70.7. The molecule has 6 nitrogen and oxygen atoms in total. The molecule has 2 aromatic carbocycles. The predicted octanol–water partition coefficient (Wildman–Crippen LogP) is 6.08. The topological polar surface area (TPSA) is 65.5 Å². The summed E-state index contributed by atoms with van der Waals surface area (Å²) >= 11 is 0. The normalized spacial score (nSPS) is 17.9. The van der Waals surface area contributed by atoms with Crippen molar-refractivity contribution in [3.63, 3.8) is 0 Å². The second-order valence-electron chi connectivity index (χ2n) is 8.72. The average molecular weight is 494 g/mol. The number of alkyl halides is 3. The van der Waals surface area contributed by atoms with E-state index in [1.165, 1.54) is 7.11 Å². The van der Waals surface area contributed by atoms with Crippen LogP contribution in [-0.2, 0) is 10.9 Å². The fourth-order valence-corrected chi connectivity index (χ4v) is 4.15. The van der Waals surface area contributed by atoms with Crippen LogP contribution in [0.3, 0.4) is 0 Å². The molecule has 0 saturated carbocycles.